The van der Waals surface area contributed by atoms with Gasteiger partial charge >= 0.3 is 0 Å². The summed E-state index contributed by atoms with van der Waals surface area (Å²) in [6.07, 6.45) is 0.292. The molecule has 1 aliphatic heterocycles. The normalized spacial score (nSPS) is 14.1. The number of halogens is 1. The number of amides is 1. The van der Waals surface area contributed by atoms with Gasteiger partial charge in [-0.05, 0) is 23.8 Å². The summed E-state index contributed by atoms with van der Waals surface area (Å²) in [6, 6.07) is 15.8. The monoisotopic (exact) mass is 375 g/mol. The van der Waals surface area contributed by atoms with Gasteiger partial charge in [0, 0.05) is 10.0 Å². The van der Waals surface area contributed by atoms with Crippen molar-refractivity contribution in [2.24, 2.45) is 0 Å². The topological polar surface area (TPSA) is 47.6 Å². The molecule has 3 rings (SSSR count). The van der Waals surface area contributed by atoms with Crippen molar-refractivity contribution in [3.05, 3.63) is 64.1 Å². The summed E-state index contributed by atoms with van der Waals surface area (Å²) >= 11 is 3.45. The fourth-order valence-corrected chi connectivity index (χ4v) is 2.74. The number of hydrogen-bond donors (Lipinski definition) is 1. The zero-order valence-electron chi connectivity index (χ0n) is 12.6. The van der Waals surface area contributed by atoms with Gasteiger partial charge < -0.3 is 14.8 Å². The van der Waals surface area contributed by atoms with Gasteiger partial charge in [0.2, 0.25) is 5.91 Å². The van der Waals surface area contributed by atoms with Crippen LogP contribution in [0.4, 0.5) is 0 Å². The van der Waals surface area contributed by atoms with E-state index in [1.807, 2.05) is 48.5 Å². The second kappa shape index (κ2) is 7.62. The molecule has 4 nitrogen and oxygen atoms in total. The molecule has 1 amide bonds. The molecule has 0 radical (unpaired) electrons. The number of carbonyl (C=O) groups is 1. The molecule has 1 heterocycles. The van der Waals surface area contributed by atoms with E-state index in [9.17, 15) is 4.79 Å². The van der Waals surface area contributed by atoms with Crippen LogP contribution in [0.25, 0.3) is 0 Å². The van der Waals surface area contributed by atoms with E-state index in [4.69, 9.17) is 9.47 Å². The zero-order chi connectivity index (χ0) is 16.1. The first kappa shape index (κ1) is 16.0. The third kappa shape index (κ3) is 4.56. The van der Waals surface area contributed by atoms with Crippen LogP contribution < -0.4 is 10.1 Å². The van der Waals surface area contributed by atoms with Crippen LogP contribution in [-0.2, 0) is 22.6 Å². The highest BCUT2D eigenvalue weighted by Gasteiger charge is 2.21. The van der Waals surface area contributed by atoms with Crippen molar-refractivity contribution < 1.29 is 14.3 Å². The molecule has 1 N–H and O–H groups in total. The van der Waals surface area contributed by atoms with Crippen LogP contribution >= 0.6 is 15.9 Å². The van der Waals surface area contributed by atoms with E-state index in [0.29, 0.717) is 26.2 Å². The van der Waals surface area contributed by atoms with Gasteiger partial charge in [0.05, 0.1) is 25.7 Å². The minimum absolute atomic E-state index is 0.0130. The van der Waals surface area contributed by atoms with Gasteiger partial charge in [-0.25, -0.2) is 0 Å². The van der Waals surface area contributed by atoms with Gasteiger partial charge in [-0.1, -0.05) is 46.3 Å². The Morgan fingerprint density at radius 3 is 2.70 bits per heavy atom. The van der Waals surface area contributed by atoms with Crippen molar-refractivity contribution in [2.75, 3.05) is 13.2 Å². The van der Waals surface area contributed by atoms with Crippen LogP contribution in [0.3, 0.4) is 0 Å². The molecular weight excluding hydrogens is 358 g/mol. The Labute approximate surface area is 143 Å². The molecule has 0 aliphatic carbocycles. The smallest absolute Gasteiger partial charge is 0.224 e. The van der Waals surface area contributed by atoms with Crippen LogP contribution in [0.1, 0.15) is 11.1 Å². The molecule has 5 heteroatoms. The third-order valence-corrected chi connectivity index (χ3v) is 4.11. The second-order valence-corrected chi connectivity index (χ2v) is 6.42. The van der Waals surface area contributed by atoms with Crippen molar-refractivity contribution in [3.63, 3.8) is 0 Å². The Morgan fingerprint density at radius 1 is 1.22 bits per heavy atom. The summed E-state index contributed by atoms with van der Waals surface area (Å²) in [5, 5.41) is 2.95. The van der Waals surface area contributed by atoms with Gasteiger partial charge in [0.15, 0.2) is 0 Å². The summed E-state index contributed by atoms with van der Waals surface area (Å²) in [7, 11) is 0. The van der Waals surface area contributed by atoms with E-state index in [1.54, 1.807) is 0 Å². The number of rotatable bonds is 6. The highest BCUT2D eigenvalue weighted by atomic mass is 79.9. The highest BCUT2D eigenvalue weighted by Crippen LogP contribution is 2.25. The third-order valence-electron chi connectivity index (χ3n) is 3.61. The fraction of sp³-hybridized carbons (Fsp3) is 0.278. The maximum atomic E-state index is 12.1. The number of ether oxygens (including phenoxy) is 2. The van der Waals surface area contributed by atoms with Crippen molar-refractivity contribution >= 4 is 21.8 Å². The van der Waals surface area contributed by atoms with Gasteiger partial charge in [-0.2, -0.15) is 0 Å². The van der Waals surface area contributed by atoms with Crippen molar-refractivity contribution in [1.82, 2.24) is 5.32 Å². The van der Waals surface area contributed by atoms with E-state index >= 15 is 0 Å². The standard InChI is InChI=1S/C18H18BrNO3/c19-15-6-7-17(23-10-13-4-2-1-3-5-13)14(8-15)9-18(21)20-16-11-22-12-16/h1-8,16H,9-12H2,(H,20,21). The van der Waals surface area contributed by atoms with Crippen LogP contribution in [0, 0.1) is 0 Å². The molecule has 1 aliphatic rings. The maximum absolute atomic E-state index is 12.1. The molecule has 120 valence electrons. The van der Waals surface area contributed by atoms with Crippen molar-refractivity contribution in [3.8, 4) is 5.75 Å². The average molecular weight is 376 g/mol. The van der Waals surface area contributed by atoms with E-state index in [2.05, 4.69) is 21.2 Å². The molecule has 0 spiro atoms. The van der Waals surface area contributed by atoms with E-state index in [-0.39, 0.29) is 11.9 Å². The molecule has 1 fully saturated rings. The van der Waals surface area contributed by atoms with Crippen LogP contribution in [-0.4, -0.2) is 25.2 Å². The quantitative estimate of drug-likeness (QED) is 0.843. The Hall–Kier alpha value is -1.85. The van der Waals surface area contributed by atoms with Gasteiger partial charge in [0.25, 0.3) is 0 Å². The lowest BCUT2D eigenvalue weighted by atomic mass is 10.1. The molecule has 0 unspecified atom stereocenters. The Kier molecular flexibility index (Phi) is 5.31. The summed E-state index contributed by atoms with van der Waals surface area (Å²) in [4.78, 5) is 12.1. The molecule has 0 bridgehead atoms. The molecule has 2 aromatic rings. The predicted octanol–water partition coefficient (Wildman–Crippen LogP) is 3.09. The van der Waals surface area contributed by atoms with Crippen molar-refractivity contribution in [1.29, 1.82) is 0 Å². The van der Waals surface area contributed by atoms with Crippen LogP contribution in [0.15, 0.2) is 53.0 Å². The molecule has 2 aromatic carbocycles. The number of hydrogen-bond acceptors (Lipinski definition) is 3. The van der Waals surface area contributed by atoms with E-state index in [1.165, 1.54) is 0 Å². The lowest BCUT2D eigenvalue weighted by Gasteiger charge is -2.26. The summed E-state index contributed by atoms with van der Waals surface area (Å²) in [6.45, 7) is 1.68. The molecular formula is C18H18BrNO3. The summed E-state index contributed by atoms with van der Waals surface area (Å²) < 4.78 is 11.9. The average Bonchev–Trinajstić information content (AvgIpc) is 2.51. The molecule has 0 aromatic heterocycles. The van der Waals surface area contributed by atoms with Gasteiger partial charge in [0.1, 0.15) is 12.4 Å². The Balaban J connectivity index is 1.65. The molecule has 0 saturated carbocycles. The maximum Gasteiger partial charge on any atom is 0.224 e. The molecule has 0 atom stereocenters. The first-order valence-corrected chi connectivity index (χ1v) is 8.32. The minimum Gasteiger partial charge on any atom is -0.489 e. The Morgan fingerprint density at radius 2 is 2.00 bits per heavy atom. The van der Waals surface area contributed by atoms with E-state index in [0.717, 1.165) is 21.3 Å². The second-order valence-electron chi connectivity index (χ2n) is 5.50. The summed E-state index contributed by atoms with van der Waals surface area (Å²) in [5.41, 5.74) is 1.96. The highest BCUT2D eigenvalue weighted by molar-refractivity contribution is 9.10. The number of benzene rings is 2. The van der Waals surface area contributed by atoms with Gasteiger partial charge in [-0.3, -0.25) is 4.79 Å². The first-order valence-electron chi connectivity index (χ1n) is 7.53. The lowest BCUT2D eigenvalue weighted by molar-refractivity contribution is -0.124. The first-order chi connectivity index (χ1) is 11.2. The predicted molar refractivity (Wildman–Crippen MR) is 91.4 cm³/mol. The SMILES string of the molecule is O=C(Cc1cc(Br)ccc1OCc1ccccc1)NC1COC1. The largest absolute Gasteiger partial charge is 0.489 e. The molecule has 1 saturated heterocycles. The van der Waals surface area contributed by atoms with Gasteiger partial charge in [-0.15, -0.1) is 0 Å². The fourth-order valence-electron chi connectivity index (χ4n) is 2.33. The summed E-state index contributed by atoms with van der Waals surface area (Å²) in [5.74, 6) is 0.720. The molecule has 23 heavy (non-hydrogen) atoms. The van der Waals surface area contributed by atoms with Crippen molar-refractivity contribution in [2.45, 2.75) is 19.1 Å². The van der Waals surface area contributed by atoms with E-state index < -0.39 is 0 Å². The Bertz CT molecular complexity index is 671. The van der Waals surface area contributed by atoms with Crippen LogP contribution in [0.5, 0.6) is 5.75 Å². The minimum atomic E-state index is -0.0130. The number of nitrogens with one attached hydrogen (secondary N) is 1. The number of carbonyl (C=O) groups excluding carboxylic acids is 1. The zero-order valence-corrected chi connectivity index (χ0v) is 14.2. The lowest BCUT2D eigenvalue weighted by Crippen LogP contribution is -2.49. The van der Waals surface area contributed by atoms with Crippen LogP contribution in [0.2, 0.25) is 0 Å².